The molecular weight excluding hydrogens is 308 g/mol. The van der Waals surface area contributed by atoms with Crippen molar-refractivity contribution in [3.05, 3.63) is 46.2 Å². The minimum atomic E-state index is 0.579. The van der Waals surface area contributed by atoms with Gasteiger partial charge in [0, 0.05) is 11.1 Å². The Kier molecular flexibility index (Phi) is 3.61. The zero-order chi connectivity index (χ0) is 15.0. The normalized spacial score (nSPS) is 10.8. The monoisotopic (exact) mass is 320 g/mol. The number of nitrogens with one attached hydrogen (secondary N) is 1. The van der Waals surface area contributed by atoms with Crippen LogP contribution in [0.2, 0.25) is 5.02 Å². The molecule has 0 fully saturated rings. The van der Waals surface area contributed by atoms with Crippen LogP contribution < -0.4 is 9.47 Å². The van der Waals surface area contributed by atoms with E-state index in [0.29, 0.717) is 15.5 Å². The van der Waals surface area contributed by atoms with Crippen LogP contribution in [0.15, 0.2) is 36.4 Å². The number of halogens is 1. The van der Waals surface area contributed by atoms with Crippen molar-refractivity contribution < 1.29 is 9.47 Å². The van der Waals surface area contributed by atoms with Gasteiger partial charge < -0.3 is 14.5 Å². The third kappa shape index (κ3) is 2.39. The van der Waals surface area contributed by atoms with Crippen molar-refractivity contribution in [1.82, 2.24) is 9.55 Å². The number of nitrogens with zero attached hydrogens (tertiary/aromatic N) is 1. The molecule has 2 aromatic carbocycles. The average Bonchev–Trinajstić information content (AvgIpc) is 2.81. The summed E-state index contributed by atoms with van der Waals surface area (Å²) in [4.78, 5) is 3.16. The van der Waals surface area contributed by atoms with Crippen LogP contribution in [-0.4, -0.2) is 23.8 Å². The summed E-state index contributed by atoms with van der Waals surface area (Å²) < 4.78 is 13.2. The fourth-order valence-electron chi connectivity index (χ4n) is 2.28. The Balaban J connectivity index is 2.32. The van der Waals surface area contributed by atoms with Crippen LogP contribution >= 0.6 is 23.8 Å². The van der Waals surface area contributed by atoms with Gasteiger partial charge in [-0.2, -0.15) is 0 Å². The predicted octanol–water partition coefficient (Wildman–Crippen LogP) is 4.36. The lowest BCUT2D eigenvalue weighted by atomic mass is 10.2. The van der Waals surface area contributed by atoms with Gasteiger partial charge in [0.2, 0.25) is 0 Å². The summed E-state index contributed by atoms with van der Waals surface area (Å²) in [5.74, 6) is 1.39. The van der Waals surface area contributed by atoms with Gasteiger partial charge >= 0.3 is 0 Å². The van der Waals surface area contributed by atoms with Crippen LogP contribution in [0.3, 0.4) is 0 Å². The molecule has 3 rings (SSSR count). The van der Waals surface area contributed by atoms with Crippen LogP contribution in [0, 0.1) is 4.77 Å². The second-order valence-electron chi connectivity index (χ2n) is 4.46. The topological polar surface area (TPSA) is 39.2 Å². The highest BCUT2D eigenvalue weighted by Crippen LogP contribution is 2.31. The molecule has 4 nitrogen and oxygen atoms in total. The third-order valence-electron chi connectivity index (χ3n) is 3.27. The van der Waals surface area contributed by atoms with E-state index in [4.69, 9.17) is 33.3 Å². The molecule has 1 N–H and O–H groups in total. The van der Waals surface area contributed by atoms with Crippen molar-refractivity contribution in [2.75, 3.05) is 14.2 Å². The fourth-order valence-corrected chi connectivity index (χ4v) is 2.76. The van der Waals surface area contributed by atoms with E-state index in [2.05, 4.69) is 4.98 Å². The van der Waals surface area contributed by atoms with Gasteiger partial charge in [0.05, 0.1) is 30.9 Å². The molecule has 0 bridgehead atoms. The minimum Gasteiger partial charge on any atom is -0.497 e. The maximum absolute atomic E-state index is 6.10. The average molecular weight is 321 g/mol. The Hall–Kier alpha value is -1.98. The van der Waals surface area contributed by atoms with Gasteiger partial charge in [-0.25, -0.2) is 0 Å². The first-order chi connectivity index (χ1) is 10.1. The molecule has 6 heteroatoms. The Labute approximate surface area is 131 Å². The number of hydrogen-bond donors (Lipinski definition) is 1. The Morgan fingerprint density at radius 3 is 2.62 bits per heavy atom. The van der Waals surface area contributed by atoms with Gasteiger partial charge in [0.25, 0.3) is 0 Å². The molecule has 21 heavy (non-hydrogen) atoms. The number of methoxy groups -OCH3 is 2. The molecule has 0 unspecified atom stereocenters. The Morgan fingerprint density at radius 1 is 1.10 bits per heavy atom. The van der Waals surface area contributed by atoms with Gasteiger partial charge in [0.15, 0.2) is 4.77 Å². The molecule has 0 aliphatic rings. The summed E-state index contributed by atoms with van der Waals surface area (Å²) in [5, 5.41) is 0.651. The second kappa shape index (κ2) is 5.42. The van der Waals surface area contributed by atoms with Crippen LogP contribution in [0.25, 0.3) is 16.7 Å². The zero-order valence-corrected chi connectivity index (χ0v) is 13.1. The predicted molar refractivity (Wildman–Crippen MR) is 86.6 cm³/mol. The zero-order valence-electron chi connectivity index (χ0n) is 11.5. The first kappa shape index (κ1) is 14.0. The summed E-state index contributed by atoms with van der Waals surface area (Å²) in [5.41, 5.74) is 2.65. The molecule has 3 aromatic rings. The van der Waals surface area contributed by atoms with Crippen LogP contribution in [0.4, 0.5) is 0 Å². The number of aromatic amines is 1. The van der Waals surface area contributed by atoms with Crippen molar-refractivity contribution >= 4 is 34.9 Å². The number of H-pyrrole nitrogens is 1. The maximum Gasteiger partial charge on any atom is 0.182 e. The third-order valence-corrected chi connectivity index (χ3v) is 3.79. The largest absolute Gasteiger partial charge is 0.497 e. The quantitative estimate of drug-likeness (QED) is 0.729. The van der Waals surface area contributed by atoms with Crippen molar-refractivity contribution in [3.63, 3.8) is 0 Å². The van der Waals surface area contributed by atoms with Crippen LogP contribution in [0.1, 0.15) is 0 Å². The second-order valence-corrected chi connectivity index (χ2v) is 5.29. The highest BCUT2D eigenvalue weighted by molar-refractivity contribution is 7.71. The molecule has 0 saturated heterocycles. The van der Waals surface area contributed by atoms with E-state index >= 15 is 0 Å². The summed E-state index contributed by atoms with van der Waals surface area (Å²) in [7, 11) is 3.23. The van der Waals surface area contributed by atoms with E-state index in [0.717, 1.165) is 22.5 Å². The van der Waals surface area contributed by atoms with Gasteiger partial charge in [-0.15, -0.1) is 0 Å². The lowest BCUT2D eigenvalue weighted by Gasteiger charge is -2.12. The lowest BCUT2D eigenvalue weighted by Crippen LogP contribution is -1.98. The number of ether oxygens (including phenoxy) is 2. The summed E-state index contributed by atoms with van der Waals surface area (Å²) >= 11 is 11.5. The number of rotatable bonds is 3. The summed E-state index contributed by atoms with van der Waals surface area (Å²) in [6.07, 6.45) is 0. The van der Waals surface area contributed by atoms with E-state index in [1.165, 1.54) is 0 Å². The molecule has 0 amide bonds. The van der Waals surface area contributed by atoms with Crippen molar-refractivity contribution in [1.29, 1.82) is 0 Å². The maximum atomic E-state index is 6.10. The van der Waals surface area contributed by atoms with E-state index in [-0.39, 0.29) is 0 Å². The number of imidazole rings is 1. The highest BCUT2D eigenvalue weighted by Gasteiger charge is 2.12. The molecule has 0 aliphatic heterocycles. The fraction of sp³-hybridized carbons (Fsp3) is 0.133. The van der Waals surface area contributed by atoms with E-state index in [1.807, 2.05) is 41.0 Å². The summed E-state index contributed by atoms with van der Waals surface area (Å²) in [6, 6.07) is 11.2. The number of fused-ring (bicyclic) bond motifs is 1. The van der Waals surface area contributed by atoms with Crippen molar-refractivity contribution in [2.24, 2.45) is 0 Å². The number of benzene rings is 2. The van der Waals surface area contributed by atoms with Crippen molar-refractivity contribution in [3.8, 4) is 17.2 Å². The molecule has 0 spiro atoms. The molecule has 0 aliphatic carbocycles. The molecule has 0 radical (unpaired) electrons. The van der Waals surface area contributed by atoms with E-state index in [9.17, 15) is 0 Å². The first-order valence-electron chi connectivity index (χ1n) is 6.26. The Morgan fingerprint density at radius 2 is 1.90 bits per heavy atom. The lowest BCUT2D eigenvalue weighted by molar-refractivity contribution is 0.393. The van der Waals surface area contributed by atoms with Gasteiger partial charge in [-0.3, -0.25) is 4.57 Å². The number of hydrogen-bond acceptors (Lipinski definition) is 3. The molecular formula is C15H13ClN2O2S. The van der Waals surface area contributed by atoms with Gasteiger partial charge in [0.1, 0.15) is 11.5 Å². The van der Waals surface area contributed by atoms with Crippen molar-refractivity contribution in [2.45, 2.75) is 0 Å². The highest BCUT2D eigenvalue weighted by atomic mass is 35.5. The van der Waals surface area contributed by atoms with E-state index in [1.54, 1.807) is 14.2 Å². The smallest absolute Gasteiger partial charge is 0.182 e. The standard InChI is InChI=1S/C15H13ClN2O2S/c1-19-10-4-6-12(14(8-10)20-2)18-13-7-9(16)3-5-11(13)17-15(18)21/h3-8H,1-2H3,(H,17,21). The van der Waals surface area contributed by atoms with Gasteiger partial charge in [-0.1, -0.05) is 11.6 Å². The SMILES string of the molecule is COc1ccc(-n2c(=S)[nH]c3ccc(Cl)cc32)c(OC)c1. The van der Waals surface area contributed by atoms with Crippen LogP contribution in [-0.2, 0) is 0 Å². The summed E-state index contributed by atoms with van der Waals surface area (Å²) in [6.45, 7) is 0. The minimum absolute atomic E-state index is 0.579. The van der Waals surface area contributed by atoms with Gasteiger partial charge in [-0.05, 0) is 42.5 Å². The molecule has 1 aromatic heterocycles. The molecule has 0 atom stereocenters. The molecule has 108 valence electrons. The van der Waals surface area contributed by atoms with Crippen LogP contribution in [0.5, 0.6) is 11.5 Å². The van der Waals surface area contributed by atoms with E-state index < -0.39 is 0 Å². The first-order valence-corrected chi connectivity index (χ1v) is 7.05. The number of aromatic nitrogens is 2. The molecule has 1 heterocycles. The Bertz CT molecular complexity index is 870. The molecule has 0 saturated carbocycles.